The molecule has 2 aliphatic rings. The van der Waals surface area contributed by atoms with Crippen LogP contribution in [0.25, 0.3) is 0 Å². The van der Waals surface area contributed by atoms with Crippen molar-refractivity contribution < 1.29 is 0 Å². The van der Waals surface area contributed by atoms with Gasteiger partial charge >= 0.3 is 0 Å². The molecule has 16 heavy (non-hydrogen) atoms. The molecule has 0 amide bonds. The molecule has 1 aromatic rings. The monoisotopic (exact) mass is 238 g/mol. The number of aromatic amines is 1. The summed E-state index contributed by atoms with van der Waals surface area (Å²) in [5, 5.41) is 7.32. The van der Waals surface area contributed by atoms with Gasteiger partial charge in [-0.2, -0.15) is 0 Å². The van der Waals surface area contributed by atoms with Gasteiger partial charge in [-0.15, -0.1) is 5.10 Å². The van der Waals surface area contributed by atoms with Crippen LogP contribution in [0.5, 0.6) is 0 Å². The van der Waals surface area contributed by atoms with Crippen LogP contribution in [-0.4, -0.2) is 27.4 Å². The lowest BCUT2D eigenvalue weighted by molar-refractivity contribution is 0.653. The number of nitrogens with zero attached hydrogens (tertiary/aromatic N) is 3. The Morgan fingerprint density at radius 1 is 1.44 bits per heavy atom. The van der Waals surface area contributed by atoms with Crippen molar-refractivity contribution >= 4 is 18.2 Å². The summed E-state index contributed by atoms with van der Waals surface area (Å²) in [7, 11) is 0. The van der Waals surface area contributed by atoms with E-state index in [9.17, 15) is 0 Å². The summed E-state index contributed by atoms with van der Waals surface area (Å²) in [4.78, 5) is 2.47. The highest BCUT2D eigenvalue weighted by atomic mass is 32.1. The van der Waals surface area contributed by atoms with Crippen LogP contribution in [0, 0.1) is 10.7 Å². The highest BCUT2D eigenvalue weighted by Gasteiger charge is 2.35. The molecule has 2 saturated carbocycles. The standard InChI is InChI=1S/C11H18N4S/c1-2-14-10(12-13-11(14)16)15(9-5-6-9)7-8-3-4-8/h8-9H,2-7H2,1H3,(H,13,16). The fraction of sp³-hybridized carbons (Fsp3) is 0.818. The molecule has 0 atom stereocenters. The van der Waals surface area contributed by atoms with E-state index in [4.69, 9.17) is 12.2 Å². The minimum Gasteiger partial charge on any atom is -0.338 e. The molecule has 0 aromatic carbocycles. The van der Waals surface area contributed by atoms with Gasteiger partial charge in [0.15, 0.2) is 4.77 Å². The summed E-state index contributed by atoms with van der Waals surface area (Å²) in [6, 6.07) is 0.719. The molecule has 88 valence electrons. The van der Waals surface area contributed by atoms with Gasteiger partial charge in [-0.1, -0.05) is 0 Å². The van der Waals surface area contributed by atoms with E-state index in [1.54, 1.807) is 0 Å². The van der Waals surface area contributed by atoms with Gasteiger partial charge in [0.1, 0.15) is 0 Å². The lowest BCUT2D eigenvalue weighted by Crippen LogP contribution is -2.30. The van der Waals surface area contributed by atoms with Crippen LogP contribution >= 0.6 is 12.2 Å². The third-order valence-corrected chi connectivity index (χ3v) is 3.76. The highest BCUT2D eigenvalue weighted by Crippen LogP contribution is 2.36. The Hall–Kier alpha value is -0.840. The Morgan fingerprint density at radius 3 is 2.75 bits per heavy atom. The normalized spacial score (nSPS) is 20.1. The molecular formula is C11H18N4S. The molecule has 1 heterocycles. The second kappa shape index (κ2) is 3.87. The molecule has 0 saturated heterocycles. The first-order valence-electron chi connectivity index (χ1n) is 6.21. The highest BCUT2D eigenvalue weighted by molar-refractivity contribution is 7.71. The Morgan fingerprint density at radius 2 is 2.19 bits per heavy atom. The number of nitrogens with one attached hydrogen (secondary N) is 1. The molecule has 0 aliphatic heterocycles. The first-order valence-corrected chi connectivity index (χ1v) is 6.62. The molecule has 2 fully saturated rings. The van der Waals surface area contributed by atoms with E-state index in [-0.39, 0.29) is 0 Å². The molecule has 4 nitrogen and oxygen atoms in total. The van der Waals surface area contributed by atoms with Gasteiger partial charge < -0.3 is 4.90 Å². The molecule has 3 rings (SSSR count). The SMILES string of the molecule is CCn1c(N(CC2CC2)C2CC2)n[nH]c1=S. The molecule has 0 spiro atoms. The number of aromatic nitrogens is 3. The zero-order valence-corrected chi connectivity index (χ0v) is 10.5. The molecule has 0 radical (unpaired) electrons. The maximum atomic E-state index is 5.25. The van der Waals surface area contributed by atoms with Crippen molar-refractivity contribution in [2.24, 2.45) is 5.92 Å². The molecule has 0 bridgehead atoms. The van der Waals surface area contributed by atoms with E-state index in [0.29, 0.717) is 0 Å². The van der Waals surface area contributed by atoms with Crippen molar-refractivity contribution in [1.82, 2.24) is 14.8 Å². The van der Waals surface area contributed by atoms with Crippen LogP contribution in [0.2, 0.25) is 0 Å². The molecule has 5 heteroatoms. The summed E-state index contributed by atoms with van der Waals surface area (Å²) in [6.45, 7) is 4.19. The number of hydrogen-bond donors (Lipinski definition) is 1. The minimum absolute atomic E-state index is 0.719. The Labute approximate surface area is 101 Å². The van der Waals surface area contributed by atoms with Crippen LogP contribution in [-0.2, 0) is 6.54 Å². The van der Waals surface area contributed by atoms with E-state index in [0.717, 1.165) is 29.2 Å². The lowest BCUT2D eigenvalue weighted by Gasteiger charge is -2.23. The summed E-state index contributed by atoms with van der Waals surface area (Å²) >= 11 is 5.25. The van der Waals surface area contributed by atoms with Crippen molar-refractivity contribution in [2.45, 2.75) is 45.2 Å². The van der Waals surface area contributed by atoms with Crippen molar-refractivity contribution in [3.05, 3.63) is 4.77 Å². The van der Waals surface area contributed by atoms with Gasteiger partial charge in [0.25, 0.3) is 0 Å². The zero-order valence-electron chi connectivity index (χ0n) is 9.65. The first kappa shape index (κ1) is 10.3. The predicted octanol–water partition coefficient (Wildman–Crippen LogP) is 2.34. The van der Waals surface area contributed by atoms with E-state index in [1.165, 1.54) is 32.2 Å². The van der Waals surface area contributed by atoms with Crippen molar-refractivity contribution in [3.63, 3.8) is 0 Å². The summed E-state index contributed by atoms with van der Waals surface area (Å²) in [5.74, 6) is 1.96. The average Bonchev–Trinajstić information content (AvgIpc) is 3.13. The van der Waals surface area contributed by atoms with Gasteiger partial charge in [0.2, 0.25) is 5.95 Å². The molecular weight excluding hydrogens is 220 g/mol. The Kier molecular flexibility index (Phi) is 2.50. The number of hydrogen-bond acceptors (Lipinski definition) is 3. The van der Waals surface area contributed by atoms with Crippen molar-refractivity contribution in [2.75, 3.05) is 11.4 Å². The van der Waals surface area contributed by atoms with Gasteiger partial charge in [-0.25, -0.2) is 5.10 Å². The third kappa shape index (κ3) is 1.88. The van der Waals surface area contributed by atoms with Crippen LogP contribution in [0.4, 0.5) is 5.95 Å². The number of anilines is 1. The largest absolute Gasteiger partial charge is 0.338 e. The fourth-order valence-corrected chi connectivity index (χ4v) is 2.43. The van der Waals surface area contributed by atoms with Gasteiger partial charge in [0.05, 0.1) is 0 Å². The maximum absolute atomic E-state index is 5.25. The average molecular weight is 238 g/mol. The van der Waals surface area contributed by atoms with Crippen LogP contribution < -0.4 is 4.90 Å². The smallest absolute Gasteiger partial charge is 0.225 e. The first-order chi connectivity index (χ1) is 7.79. The Bertz CT molecular complexity index is 427. The van der Waals surface area contributed by atoms with Crippen molar-refractivity contribution in [1.29, 1.82) is 0 Å². The molecule has 2 aliphatic carbocycles. The molecule has 1 N–H and O–H groups in total. The fourth-order valence-electron chi connectivity index (χ4n) is 2.17. The van der Waals surface area contributed by atoms with Crippen molar-refractivity contribution in [3.8, 4) is 0 Å². The minimum atomic E-state index is 0.719. The summed E-state index contributed by atoms with van der Waals surface area (Å²) < 4.78 is 2.86. The lowest BCUT2D eigenvalue weighted by atomic mass is 10.3. The van der Waals surface area contributed by atoms with E-state index < -0.39 is 0 Å². The predicted molar refractivity (Wildman–Crippen MR) is 66.2 cm³/mol. The molecule has 1 aromatic heterocycles. The van der Waals surface area contributed by atoms with Gasteiger partial charge in [-0.05, 0) is 50.7 Å². The van der Waals surface area contributed by atoms with E-state index >= 15 is 0 Å². The molecule has 0 unspecified atom stereocenters. The van der Waals surface area contributed by atoms with E-state index in [1.807, 2.05) is 0 Å². The van der Waals surface area contributed by atoms with Gasteiger partial charge in [-0.3, -0.25) is 4.57 Å². The maximum Gasteiger partial charge on any atom is 0.225 e. The van der Waals surface area contributed by atoms with Gasteiger partial charge in [0, 0.05) is 19.1 Å². The Balaban J connectivity index is 1.87. The summed E-state index contributed by atoms with van der Waals surface area (Å²) in [6.07, 6.45) is 5.41. The number of rotatable bonds is 5. The summed E-state index contributed by atoms with van der Waals surface area (Å²) in [5.41, 5.74) is 0. The number of H-pyrrole nitrogens is 1. The van der Waals surface area contributed by atoms with Crippen LogP contribution in [0.1, 0.15) is 32.6 Å². The van der Waals surface area contributed by atoms with Crippen LogP contribution in [0.15, 0.2) is 0 Å². The topological polar surface area (TPSA) is 36.9 Å². The zero-order chi connectivity index (χ0) is 11.1. The quantitative estimate of drug-likeness (QED) is 0.800. The third-order valence-electron chi connectivity index (χ3n) is 3.45. The van der Waals surface area contributed by atoms with Crippen LogP contribution in [0.3, 0.4) is 0 Å². The second-order valence-corrected chi connectivity index (χ2v) is 5.29. The van der Waals surface area contributed by atoms with E-state index in [2.05, 4.69) is 26.6 Å². The second-order valence-electron chi connectivity index (χ2n) is 4.90.